The minimum atomic E-state index is -0.552. The topological polar surface area (TPSA) is 91.2 Å². The van der Waals surface area contributed by atoms with Crippen LogP contribution in [0.3, 0.4) is 0 Å². The molecule has 2 amide bonds. The van der Waals surface area contributed by atoms with Crippen LogP contribution in [0.5, 0.6) is 0 Å². The van der Waals surface area contributed by atoms with Gasteiger partial charge in [0.15, 0.2) is 0 Å². The zero-order valence-corrected chi connectivity index (χ0v) is 18.9. The van der Waals surface area contributed by atoms with Gasteiger partial charge >= 0.3 is 6.03 Å². The van der Waals surface area contributed by atoms with Gasteiger partial charge < -0.3 is 11.5 Å². The van der Waals surface area contributed by atoms with E-state index in [0.717, 1.165) is 38.3 Å². The van der Waals surface area contributed by atoms with E-state index in [9.17, 15) is 9.18 Å². The Bertz CT molecular complexity index is 940. The maximum atomic E-state index is 13.9. The molecule has 1 aliphatic rings. The lowest BCUT2D eigenvalue weighted by molar-refractivity contribution is 0.129. The molecule has 2 aromatic carbocycles. The molecule has 1 fully saturated rings. The average Bonchev–Trinajstić information content (AvgIpc) is 2.76. The lowest BCUT2D eigenvalue weighted by Gasteiger charge is -2.34. The summed E-state index contributed by atoms with van der Waals surface area (Å²) >= 11 is 0. The number of rotatable bonds is 7. The van der Waals surface area contributed by atoms with Gasteiger partial charge in [-0.2, -0.15) is 0 Å². The van der Waals surface area contributed by atoms with E-state index in [4.69, 9.17) is 16.5 Å². The monoisotopic (exact) mass is 440 g/mol. The molecule has 0 saturated carbocycles. The number of nitrogen functional groups attached to an aromatic ring is 1. The fraction of sp³-hybridized carbons (Fsp3) is 0.417. The minimum absolute atomic E-state index is 0.146. The summed E-state index contributed by atoms with van der Waals surface area (Å²) in [5.41, 5.74) is 13.8. The van der Waals surface area contributed by atoms with Gasteiger partial charge in [0.25, 0.3) is 0 Å². The molecule has 3 rings (SSSR count). The van der Waals surface area contributed by atoms with Crippen molar-refractivity contribution in [3.63, 3.8) is 0 Å². The SMILES string of the molecule is CC(C)N(C(N)=O)C(=NCCN1CCN(Cc2ccccc2F)CC1)c1ccccc1N. The standard InChI is InChI=1S/C24H33FN6O/c1-18(2)31(24(27)32)23(20-8-4-6-10-22(20)26)28-11-12-29-13-15-30(16-14-29)17-19-7-3-5-9-21(19)25/h3-10,18H,11-17,26H2,1-2H3,(H2,27,32). The van der Waals surface area contributed by atoms with Crippen molar-refractivity contribution in [1.29, 1.82) is 0 Å². The minimum Gasteiger partial charge on any atom is -0.398 e. The second-order valence-corrected chi connectivity index (χ2v) is 8.30. The molecule has 1 aliphatic heterocycles. The number of anilines is 1. The number of carbonyl (C=O) groups is 1. The van der Waals surface area contributed by atoms with E-state index in [1.807, 2.05) is 44.2 Å². The van der Waals surface area contributed by atoms with Crippen LogP contribution in [0.4, 0.5) is 14.9 Å². The first-order valence-corrected chi connectivity index (χ1v) is 11.0. The highest BCUT2D eigenvalue weighted by Crippen LogP contribution is 2.17. The highest BCUT2D eigenvalue weighted by Gasteiger charge is 2.23. The number of urea groups is 1. The number of piperazine rings is 1. The van der Waals surface area contributed by atoms with E-state index in [-0.39, 0.29) is 11.9 Å². The molecule has 1 heterocycles. The number of carbonyl (C=O) groups excluding carboxylic acids is 1. The molecule has 2 aromatic rings. The van der Waals surface area contributed by atoms with E-state index >= 15 is 0 Å². The number of primary amides is 1. The number of amidine groups is 1. The fourth-order valence-corrected chi connectivity index (χ4v) is 3.93. The van der Waals surface area contributed by atoms with Gasteiger partial charge in [-0.25, -0.2) is 9.18 Å². The third kappa shape index (κ3) is 6.05. The van der Waals surface area contributed by atoms with Gasteiger partial charge in [0.1, 0.15) is 11.7 Å². The number of hydrogen-bond acceptors (Lipinski definition) is 5. The lowest BCUT2D eigenvalue weighted by atomic mass is 10.1. The predicted molar refractivity (Wildman–Crippen MR) is 127 cm³/mol. The highest BCUT2D eigenvalue weighted by atomic mass is 19.1. The van der Waals surface area contributed by atoms with E-state index in [1.54, 1.807) is 12.1 Å². The van der Waals surface area contributed by atoms with Crippen molar-refractivity contribution in [3.8, 4) is 0 Å². The number of amides is 2. The summed E-state index contributed by atoms with van der Waals surface area (Å²) in [6.45, 7) is 9.21. The molecule has 0 aromatic heterocycles. The van der Waals surface area contributed by atoms with Crippen molar-refractivity contribution in [2.45, 2.75) is 26.4 Å². The van der Waals surface area contributed by atoms with Crippen molar-refractivity contribution >= 4 is 17.6 Å². The molecule has 7 nitrogen and oxygen atoms in total. The first-order valence-electron chi connectivity index (χ1n) is 11.0. The van der Waals surface area contributed by atoms with Crippen molar-refractivity contribution in [3.05, 3.63) is 65.5 Å². The number of para-hydroxylation sites is 1. The van der Waals surface area contributed by atoms with Crippen LogP contribution in [0.1, 0.15) is 25.0 Å². The highest BCUT2D eigenvalue weighted by molar-refractivity contribution is 6.10. The first-order chi connectivity index (χ1) is 15.4. The zero-order chi connectivity index (χ0) is 23.1. The summed E-state index contributed by atoms with van der Waals surface area (Å²) in [7, 11) is 0. The van der Waals surface area contributed by atoms with Gasteiger partial charge in [-0.15, -0.1) is 0 Å². The number of nitrogens with two attached hydrogens (primary N) is 2. The molecule has 0 spiro atoms. The summed E-state index contributed by atoms with van der Waals surface area (Å²) in [6.07, 6.45) is 0. The quantitative estimate of drug-likeness (QED) is 0.393. The van der Waals surface area contributed by atoms with Crippen LogP contribution in [0.25, 0.3) is 0 Å². The molecule has 0 atom stereocenters. The van der Waals surface area contributed by atoms with E-state index in [0.29, 0.717) is 30.2 Å². The number of benzene rings is 2. The number of halogens is 1. The number of nitrogens with zero attached hydrogens (tertiary/aromatic N) is 4. The second kappa shape index (κ2) is 11.1. The van der Waals surface area contributed by atoms with Crippen molar-refractivity contribution in [1.82, 2.24) is 14.7 Å². The molecule has 32 heavy (non-hydrogen) atoms. The maximum Gasteiger partial charge on any atom is 0.320 e. The van der Waals surface area contributed by atoms with Crippen LogP contribution in [-0.4, -0.2) is 71.9 Å². The largest absolute Gasteiger partial charge is 0.398 e. The predicted octanol–water partition coefficient (Wildman–Crippen LogP) is 2.76. The van der Waals surface area contributed by atoms with Gasteiger partial charge in [0.2, 0.25) is 0 Å². The molecular formula is C24H33FN6O. The Labute approximate surface area is 189 Å². The van der Waals surface area contributed by atoms with Gasteiger partial charge in [0, 0.05) is 62.1 Å². The van der Waals surface area contributed by atoms with E-state index in [2.05, 4.69) is 9.80 Å². The summed E-state index contributed by atoms with van der Waals surface area (Å²) in [5, 5.41) is 0. The lowest BCUT2D eigenvalue weighted by Crippen LogP contribution is -2.47. The molecule has 0 aliphatic carbocycles. The maximum absolute atomic E-state index is 13.9. The Morgan fingerprint density at radius 2 is 1.69 bits per heavy atom. The van der Waals surface area contributed by atoms with Crippen LogP contribution in [0.15, 0.2) is 53.5 Å². The van der Waals surface area contributed by atoms with Crippen LogP contribution < -0.4 is 11.5 Å². The van der Waals surface area contributed by atoms with Gasteiger partial charge in [-0.05, 0) is 32.0 Å². The van der Waals surface area contributed by atoms with Crippen molar-refractivity contribution in [2.75, 3.05) is 45.0 Å². The Hall–Kier alpha value is -2.97. The summed E-state index contributed by atoms with van der Waals surface area (Å²) in [5.74, 6) is 0.352. The molecule has 0 radical (unpaired) electrons. The number of hydrogen-bond donors (Lipinski definition) is 2. The van der Waals surface area contributed by atoms with Crippen LogP contribution in [-0.2, 0) is 6.54 Å². The fourth-order valence-electron chi connectivity index (χ4n) is 3.93. The molecule has 4 N–H and O–H groups in total. The van der Waals surface area contributed by atoms with Crippen LogP contribution in [0, 0.1) is 5.82 Å². The van der Waals surface area contributed by atoms with E-state index in [1.165, 1.54) is 11.0 Å². The van der Waals surface area contributed by atoms with Crippen LogP contribution >= 0.6 is 0 Å². The smallest absolute Gasteiger partial charge is 0.320 e. The Morgan fingerprint density at radius 3 is 2.31 bits per heavy atom. The second-order valence-electron chi connectivity index (χ2n) is 8.30. The zero-order valence-electron chi connectivity index (χ0n) is 18.9. The molecule has 0 bridgehead atoms. The first kappa shape index (κ1) is 23.7. The normalized spacial score (nSPS) is 15.8. The molecule has 1 saturated heterocycles. The number of aliphatic imine (C=N–C) groups is 1. The molecule has 8 heteroatoms. The van der Waals surface area contributed by atoms with Crippen molar-refractivity contribution in [2.24, 2.45) is 10.7 Å². The summed E-state index contributed by atoms with van der Waals surface area (Å²) in [6, 6.07) is 13.6. The Kier molecular flexibility index (Phi) is 8.19. The molecule has 172 valence electrons. The third-order valence-electron chi connectivity index (χ3n) is 5.68. The third-order valence-corrected chi connectivity index (χ3v) is 5.68. The Morgan fingerprint density at radius 1 is 1.06 bits per heavy atom. The van der Waals surface area contributed by atoms with Gasteiger partial charge in [0.05, 0.1) is 6.54 Å². The van der Waals surface area contributed by atoms with Gasteiger partial charge in [-0.1, -0.05) is 30.3 Å². The average molecular weight is 441 g/mol. The van der Waals surface area contributed by atoms with Crippen molar-refractivity contribution < 1.29 is 9.18 Å². The van der Waals surface area contributed by atoms with E-state index < -0.39 is 6.03 Å². The summed E-state index contributed by atoms with van der Waals surface area (Å²) in [4.78, 5) is 23.0. The summed E-state index contributed by atoms with van der Waals surface area (Å²) < 4.78 is 13.9. The molecular weight excluding hydrogens is 407 g/mol. The Balaban J connectivity index is 1.61. The molecule has 0 unspecified atom stereocenters. The van der Waals surface area contributed by atoms with Gasteiger partial charge in [-0.3, -0.25) is 19.7 Å². The van der Waals surface area contributed by atoms with Crippen LogP contribution in [0.2, 0.25) is 0 Å².